The van der Waals surface area contributed by atoms with Gasteiger partial charge in [-0.3, -0.25) is 4.90 Å². The number of aromatic nitrogens is 3. The van der Waals surface area contributed by atoms with Gasteiger partial charge in [0, 0.05) is 37.4 Å². The number of nitrogens with zero attached hydrogens (tertiary/aromatic N) is 4. The fourth-order valence-corrected chi connectivity index (χ4v) is 4.58. The molecule has 0 aromatic carbocycles. The molecule has 2 aromatic rings. The highest BCUT2D eigenvalue weighted by atomic mass is 35.5. The van der Waals surface area contributed by atoms with Crippen molar-refractivity contribution >= 4 is 22.9 Å². The second-order valence-corrected chi connectivity index (χ2v) is 7.20. The molecule has 0 N–H and O–H groups in total. The Labute approximate surface area is 133 Å². The molecule has 4 heterocycles. The van der Waals surface area contributed by atoms with Gasteiger partial charge in [0.15, 0.2) is 0 Å². The fourth-order valence-electron chi connectivity index (χ4n) is 3.55. The van der Waals surface area contributed by atoms with E-state index in [1.54, 1.807) is 11.3 Å². The SMILES string of the molecule is Clc1cscc1CN1CCCC(c2nnc3n2CCC3)C1. The van der Waals surface area contributed by atoms with Gasteiger partial charge in [-0.2, -0.15) is 11.3 Å². The van der Waals surface area contributed by atoms with Crippen LogP contribution in [0.15, 0.2) is 10.8 Å². The standard InChI is InChI=1S/C15H19ClN4S/c16-13-10-21-9-12(13)8-19-5-1-3-11(7-19)15-18-17-14-4-2-6-20(14)15/h9-11H,1-8H2. The average Bonchev–Trinajstić information content (AvgIpc) is 3.17. The van der Waals surface area contributed by atoms with E-state index in [9.17, 15) is 0 Å². The number of piperidine rings is 1. The van der Waals surface area contributed by atoms with Crippen LogP contribution in [0.2, 0.25) is 5.02 Å². The number of thiophene rings is 1. The van der Waals surface area contributed by atoms with Gasteiger partial charge in [0.05, 0.1) is 5.02 Å². The molecule has 1 unspecified atom stereocenters. The van der Waals surface area contributed by atoms with E-state index < -0.39 is 0 Å². The first-order valence-corrected chi connectivity index (χ1v) is 8.98. The van der Waals surface area contributed by atoms with Gasteiger partial charge >= 0.3 is 0 Å². The molecule has 112 valence electrons. The van der Waals surface area contributed by atoms with Crippen LogP contribution < -0.4 is 0 Å². The van der Waals surface area contributed by atoms with Crippen LogP contribution in [0.4, 0.5) is 0 Å². The second kappa shape index (κ2) is 5.71. The first-order valence-electron chi connectivity index (χ1n) is 7.66. The molecule has 4 nitrogen and oxygen atoms in total. The third kappa shape index (κ3) is 2.62. The predicted molar refractivity (Wildman–Crippen MR) is 84.9 cm³/mol. The number of hydrogen-bond acceptors (Lipinski definition) is 4. The molecule has 0 radical (unpaired) electrons. The zero-order valence-corrected chi connectivity index (χ0v) is 13.5. The molecule has 1 fully saturated rings. The summed E-state index contributed by atoms with van der Waals surface area (Å²) >= 11 is 7.91. The van der Waals surface area contributed by atoms with Crippen molar-refractivity contribution in [3.05, 3.63) is 33.0 Å². The van der Waals surface area contributed by atoms with Gasteiger partial charge in [0.25, 0.3) is 0 Å². The van der Waals surface area contributed by atoms with E-state index in [0.29, 0.717) is 5.92 Å². The quantitative estimate of drug-likeness (QED) is 0.869. The smallest absolute Gasteiger partial charge is 0.137 e. The minimum Gasteiger partial charge on any atom is -0.315 e. The van der Waals surface area contributed by atoms with Crippen LogP contribution >= 0.6 is 22.9 Å². The maximum Gasteiger partial charge on any atom is 0.137 e. The van der Waals surface area contributed by atoms with E-state index >= 15 is 0 Å². The van der Waals surface area contributed by atoms with Gasteiger partial charge in [-0.15, -0.1) is 10.2 Å². The van der Waals surface area contributed by atoms with Gasteiger partial charge in [-0.1, -0.05) is 11.6 Å². The summed E-state index contributed by atoms with van der Waals surface area (Å²) in [5, 5.41) is 13.9. The minimum atomic E-state index is 0.524. The molecule has 21 heavy (non-hydrogen) atoms. The van der Waals surface area contributed by atoms with Crippen molar-refractivity contribution in [3.63, 3.8) is 0 Å². The number of likely N-dealkylation sites (tertiary alicyclic amines) is 1. The van der Waals surface area contributed by atoms with Crippen molar-refractivity contribution < 1.29 is 0 Å². The Morgan fingerprint density at radius 1 is 1.24 bits per heavy atom. The van der Waals surface area contributed by atoms with Crippen molar-refractivity contribution in [1.29, 1.82) is 0 Å². The molecule has 0 aliphatic carbocycles. The molecule has 2 aromatic heterocycles. The Morgan fingerprint density at radius 3 is 3.05 bits per heavy atom. The summed E-state index contributed by atoms with van der Waals surface area (Å²) in [7, 11) is 0. The molecular weight excluding hydrogens is 304 g/mol. The van der Waals surface area contributed by atoms with E-state index in [0.717, 1.165) is 37.6 Å². The number of rotatable bonds is 3. The van der Waals surface area contributed by atoms with E-state index in [2.05, 4.69) is 25.0 Å². The lowest BCUT2D eigenvalue weighted by atomic mass is 9.97. The zero-order chi connectivity index (χ0) is 14.2. The molecule has 6 heteroatoms. The third-order valence-electron chi connectivity index (χ3n) is 4.59. The lowest BCUT2D eigenvalue weighted by Gasteiger charge is -2.32. The molecule has 0 amide bonds. The summed E-state index contributed by atoms with van der Waals surface area (Å²) < 4.78 is 2.35. The molecule has 4 rings (SSSR count). The molecule has 0 spiro atoms. The highest BCUT2D eigenvalue weighted by Crippen LogP contribution is 2.30. The Kier molecular flexibility index (Phi) is 3.73. The van der Waals surface area contributed by atoms with Gasteiger partial charge in [-0.25, -0.2) is 0 Å². The van der Waals surface area contributed by atoms with Gasteiger partial charge in [-0.05, 0) is 36.8 Å². The molecular formula is C15H19ClN4S. The predicted octanol–water partition coefficient (Wildman–Crippen LogP) is 3.32. The maximum absolute atomic E-state index is 6.23. The number of hydrogen-bond donors (Lipinski definition) is 0. The monoisotopic (exact) mass is 322 g/mol. The highest BCUT2D eigenvalue weighted by molar-refractivity contribution is 7.08. The van der Waals surface area contributed by atoms with Crippen LogP contribution in [0.25, 0.3) is 0 Å². The summed E-state index contributed by atoms with van der Waals surface area (Å²) in [6, 6.07) is 0. The summed E-state index contributed by atoms with van der Waals surface area (Å²) in [5.41, 5.74) is 1.26. The summed E-state index contributed by atoms with van der Waals surface area (Å²) in [5.74, 6) is 2.92. The first kappa shape index (κ1) is 13.7. The van der Waals surface area contributed by atoms with Gasteiger partial charge < -0.3 is 4.57 Å². The Morgan fingerprint density at radius 2 is 2.19 bits per heavy atom. The van der Waals surface area contributed by atoms with Crippen LogP contribution in [0.1, 0.15) is 42.4 Å². The number of halogens is 1. The van der Waals surface area contributed by atoms with E-state index in [1.165, 1.54) is 36.5 Å². The van der Waals surface area contributed by atoms with Crippen molar-refractivity contribution in [2.24, 2.45) is 0 Å². The van der Waals surface area contributed by atoms with Gasteiger partial charge in [0.1, 0.15) is 11.6 Å². The third-order valence-corrected chi connectivity index (χ3v) is 5.86. The topological polar surface area (TPSA) is 34.0 Å². The molecule has 0 bridgehead atoms. The van der Waals surface area contributed by atoms with E-state index in [4.69, 9.17) is 11.6 Å². The molecule has 2 aliphatic heterocycles. The van der Waals surface area contributed by atoms with E-state index in [1.807, 2.05) is 5.38 Å². The Bertz CT molecular complexity index is 635. The largest absolute Gasteiger partial charge is 0.315 e. The van der Waals surface area contributed by atoms with Crippen molar-refractivity contribution in [1.82, 2.24) is 19.7 Å². The maximum atomic E-state index is 6.23. The van der Waals surface area contributed by atoms with Gasteiger partial charge in [0.2, 0.25) is 0 Å². The van der Waals surface area contributed by atoms with Crippen LogP contribution in [-0.4, -0.2) is 32.8 Å². The van der Waals surface area contributed by atoms with Crippen LogP contribution in [0.5, 0.6) is 0 Å². The zero-order valence-electron chi connectivity index (χ0n) is 12.0. The van der Waals surface area contributed by atoms with Crippen LogP contribution in [0, 0.1) is 0 Å². The van der Waals surface area contributed by atoms with E-state index in [-0.39, 0.29) is 0 Å². The van der Waals surface area contributed by atoms with Crippen molar-refractivity contribution in [2.75, 3.05) is 13.1 Å². The minimum absolute atomic E-state index is 0.524. The summed E-state index contributed by atoms with van der Waals surface area (Å²) in [4.78, 5) is 2.51. The van der Waals surface area contributed by atoms with Crippen molar-refractivity contribution in [3.8, 4) is 0 Å². The average molecular weight is 323 g/mol. The Balaban J connectivity index is 1.49. The van der Waals surface area contributed by atoms with Crippen LogP contribution in [0.3, 0.4) is 0 Å². The summed E-state index contributed by atoms with van der Waals surface area (Å²) in [6.45, 7) is 4.29. The second-order valence-electron chi connectivity index (χ2n) is 6.05. The molecule has 2 aliphatic rings. The lowest BCUT2D eigenvalue weighted by Crippen LogP contribution is -2.34. The lowest BCUT2D eigenvalue weighted by molar-refractivity contribution is 0.195. The molecule has 1 atom stereocenters. The number of aryl methyl sites for hydroxylation is 1. The fraction of sp³-hybridized carbons (Fsp3) is 0.600. The summed E-state index contributed by atoms with van der Waals surface area (Å²) in [6.07, 6.45) is 4.77. The first-order chi connectivity index (χ1) is 10.3. The molecule has 0 saturated carbocycles. The van der Waals surface area contributed by atoms with Crippen LogP contribution in [-0.2, 0) is 19.5 Å². The van der Waals surface area contributed by atoms with Crippen molar-refractivity contribution in [2.45, 2.75) is 44.7 Å². The normalized spacial score (nSPS) is 22.6. The Hall–Kier alpha value is -0.910. The molecule has 1 saturated heterocycles. The number of fused-ring (bicyclic) bond motifs is 1. The highest BCUT2D eigenvalue weighted by Gasteiger charge is 2.28.